The first-order valence-electron chi connectivity index (χ1n) is 7.94. The lowest BCUT2D eigenvalue weighted by Crippen LogP contribution is -2.48. The van der Waals surface area contributed by atoms with Crippen molar-refractivity contribution in [3.8, 4) is 0 Å². The quantitative estimate of drug-likeness (QED) is 0.595. The van der Waals surface area contributed by atoms with E-state index in [-0.39, 0.29) is 30.1 Å². The molecule has 6 heteroatoms. The van der Waals surface area contributed by atoms with Crippen molar-refractivity contribution in [3.63, 3.8) is 0 Å². The Hall–Kier alpha value is -0.810. The Balaban J connectivity index is 0.00000400. The highest BCUT2D eigenvalue weighted by atomic mass is 35.5. The van der Waals surface area contributed by atoms with Crippen molar-refractivity contribution in [2.24, 2.45) is 5.92 Å². The minimum atomic E-state index is -0.449. The van der Waals surface area contributed by atoms with Crippen molar-refractivity contribution in [2.45, 2.75) is 58.4 Å². The molecule has 0 spiro atoms. The van der Waals surface area contributed by atoms with E-state index in [1.807, 2.05) is 0 Å². The monoisotopic (exact) mass is 319 g/mol. The van der Waals surface area contributed by atoms with Crippen LogP contribution in [0.2, 0.25) is 0 Å². The van der Waals surface area contributed by atoms with E-state index in [9.17, 15) is 9.59 Å². The highest BCUT2D eigenvalue weighted by Gasteiger charge is 2.24. The molecule has 0 aliphatic heterocycles. The molecule has 0 aromatic carbocycles. The van der Waals surface area contributed by atoms with Crippen LogP contribution in [0.3, 0.4) is 0 Å². The minimum absolute atomic E-state index is 0. The molecule has 1 saturated carbocycles. The summed E-state index contributed by atoms with van der Waals surface area (Å²) in [7, 11) is 0. The van der Waals surface area contributed by atoms with Gasteiger partial charge in [-0.3, -0.25) is 9.59 Å². The number of nitrogens with one attached hydrogen (secondary N) is 3. The van der Waals surface area contributed by atoms with Crippen LogP contribution in [0.5, 0.6) is 0 Å². The Morgan fingerprint density at radius 1 is 1.10 bits per heavy atom. The van der Waals surface area contributed by atoms with Crippen LogP contribution in [-0.2, 0) is 9.59 Å². The molecule has 3 N–H and O–H groups in total. The first kappa shape index (κ1) is 20.2. The first-order chi connectivity index (χ1) is 9.65. The van der Waals surface area contributed by atoms with Gasteiger partial charge in [-0.15, -0.1) is 12.4 Å². The zero-order valence-electron chi connectivity index (χ0n) is 13.2. The van der Waals surface area contributed by atoms with E-state index >= 15 is 0 Å². The summed E-state index contributed by atoms with van der Waals surface area (Å²) in [6, 6.07) is -0.449. The highest BCUT2D eigenvalue weighted by molar-refractivity contribution is 5.88. The fraction of sp³-hybridized carbons (Fsp3) is 0.867. The van der Waals surface area contributed by atoms with Gasteiger partial charge in [0.25, 0.3) is 0 Å². The maximum Gasteiger partial charge on any atom is 0.242 e. The van der Waals surface area contributed by atoms with Crippen LogP contribution in [0.15, 0.2) is 0 Å². The topological polar surface area (TPSA) is 70.2 Å². The molecule has 2 amide bonds. The normalized spacial score (nSPS) is 16.7. The van der Waals surface area contributed by atoms with Crippen molar-refractivity contribution in [1.82, 2.24) is 16.0 Å². The van der Waals surface area contributed by atoms with Crippen LogP contribution >= 0.6 is 12.4 Å². The largest absolute Gasteiger partial charge is 0.353 e. The van der Waals surface area contributed by atoms with E-state index in [4.69, 9.17) is 0 Å². The number of carbonyl (C=O) groups excluding carboxylic acids is 2. The summed E-state index contributed by atoms with van der Waals surface area (Å²) in [5.74, 6) is 0.0362. The van der Waals surface area contributed by atoms with Gasteiger partial charge in [0.15, 0.2) is 0 Å². The summed E-state index contributed by atoms with van der Waals surface area (Å²) in [6.45, 7) is 6.18. The van der Waals surface area contributed by atoms with Gasteiger partial charge in [0.2, 0.25) is 11.8 Å². The highest BCUT2D eigenvalue weighted by Crippen LogP contribution is 2.23. The molecule has 1 aliphatic rings. The van der Waals surface area contributed by atoms with Crippen LogP contribution in [0, 0.1) is 5.92 Å². The summed E-state index contributed by atoms with van der Waals surface area (Å²) in [6.07, 6.45) is 6.48. The zero-order valence-corrected chi connectivity index (χ0v) is 14.1. The molecule has 0 saturated heterocycles. The molecule has 0 radical (unpaired) electrons. The molecule has 0 unspecified atom stereocenters. The zero-order chi connectivity index (χ0) is 14.8. The number of hydrogen-bond acceptors (Lipinski definition) is 3. The fourth-order valence-corrected chi connectivity index (χ4v) is 2.49. The van der Waals surface area contributed by atoms with Gasteiger partial charge < -0.3 is 16.0 Å². The van der Waals surface area contributed by atoms with Gasteiger partial charge >= 0.3 is 0 Å². The second kappa shape index (κ2) is 11.8. The lowest BCUT2D eigenvalue weighted by Gasteiger charge is -2.23. The molecule has 0 bridgehead atoms. The summed E-state index contributed by atoms with van der Waals surface area (Å²) < 4.78 is 0. The molecule has 21 heavy (non-hydrogen) atoms. The lowest BCUT2D eigenvalue weighted by molar-refractivity contribution is -0.131. The molecule has 1 aliphatic carbocycles. The van der Waals surface area contributed by atoms with Gasteiger partial charge in [0, 0.05) is 19.0 Å². The smallest absolute Gasteiger partial charge is 0.242 e. The van der Waals surface area contributed by atoms with Gasteiger partial charge in [-0.1, -0.05) is 26.2 Å². The Bertz CT molecular complexity index is 307. The van der Waals surface area contributed by atoms with E-state index < -0.39 is 6.04 Å². The Labute approximate surface area is 134 Å². The summed E-state index contributed by atoms with van der Waals surface area (Å²) in [5, 5.41) is 8.88. The summed E-state index contributed by atoms with van der Waals surface area (Å²) in [4.78, 5) is 23.9. The predicted molar refractivity (Wildman–Crippen MR) is 87.6 cm³/mol. The maximum atomic E-state index is 12.0. The number of amides is 2. The Morgan fingerprint density at radius 2 is 1.76 bits per heavy atom. The third kappa shape index (κ3) is 8.27. The molecule has 1 fully saturated rings. The number of halogens is 1. The van der Waals surface area contributed by atoms with E-state index in [0.717, 1.165) is 45.2 Å². The SMILES string of the molecule is CCCNCCNC(=O)[C@H](C)NC(=O)C1CCCCC1.Cl. The van der Waals surface area contributed by atoms with Crippen molar-refractivity contribution in [2.75, 3.05) is 19.6 Å². The third-order valence-electron chi connectivity index (χ3n) is 3.76. The fourth-order valence-electron chi connectivity index (χ4n) is 2.49. The van der Waals surface area contributed by atoms with Crippen molar-refractivity contribution in [3.05, 3.63) is 0 Å². The summed E-state index contributed by atoms with van der Waals surface area (Å²) in [5.41, 5.74) is 0. The van der Waals surface area contributed by atoms with E-state index in [1.165, 1.54) is 6.42 Å². The van der Waals surface area contributed by atoms with E-state index in [0.29, 0.717) is 6.54 Å². The van der Waals surface area contributed by atoms with Crippen molar-refractivity contribution < 1.29 is 9.59 Å². The van der Waals surface area contributed by atoms with Crippen LogP contribution in [0.25, 0.3) is 0 Å². The number of carbonyl (C=O) groups is 2. The van der Waals surface area contributed by atoms with Crippen LogP contribution in [0.4, 0.5) is 0 Å². The number of rotatable bonds is 8. The predicted octanol–water partition coefficient (Wildman–Crippen LogP) is 1.61. The molecular weight excluding hydrogens is 290 g/mol. The molecule has 0 heterocycles. The maximum absolute atomic E-state index is 12.0. The van der Waals surface area contributed by atoms with Crippen molar-refractivity contribution >= 4 is 24.2 Å². The van der Waals surface area contributed by atoms with Crippen molar-refractivity contribution in [1.29, 1.82) is 0 Å². The molecule has 1 rings (SSSR count). The Kier molecular flexibility index (Phi) is 11.4. The van der Waals surface area contributed by atoms with Gasteiger partial charge in [0.1, 0.15) is 6.04 Å². The first-order valence-corrected chi connectivity index (χ1v) is 7.94. The number of hydrogen-bond donors (Lipinski definition) is 3. The van der Waals surface area contributed by atoms with E-state index in [2.05, 4.69) is 22.9 Å². The van der Waals surface area contributed by atoms with Gasteiger partial charge in [-0.25, -0.2) is 0 Å². The van der Waals surface area contributed by atoms with Gasteiger partial charge in [0.05, 0.1) is 0 Å². The second-order valence-electron chi connectivity index (χ2n) is 5.61. The second-order valence-corrected chi connectivity index (χ2v) is 5.61. The molecule has 1 atom stereocenters. The van der Waals surface area contributed by atoms with Crippen LogP contribution in [-0.4, -0.2) is 37.5 Å². The average Bonchev–Trinajstić information content (AvgIpc) is 2.47. The third-order valence-corrected chi connectivity index (χ3v) is 3.76. The van der Waals surface area contributed by atoms with Crippen LogP contribution in [0.1, 0.15) is 52.4 Å². The molecular formula is C15H30ClN3O2. The minimum Gasteiger partial charge on any atom is -0.353 e. The molecule has 0 aromatic rings. The van der Waals surface area contributed by atoms with Crippen LogP contribution < -0.4 is 16.0 Å². The standard InChI is InChI=1S/C15H29N3O2.ClH/c1-3-9-16-10-11-17-14(19)12(2)18-15(20)13-7-5-4-6-8-13;/h12-13,16H,3-11H2,1-2H3,(H,17,19)(H,18,20);1H/t12-;/m0./s1. The van der Waals surface area contributed by atoms with E-state index in [1.54, 1.807) is 6.92 Å². The van der Waals surface area contributed by atoms with Gasteiger partial charge in [-0.2, -0.15) is 0 Å². The average molecular weight is 320 g/mol. The van der Waals surface area contributed by atoms with Gasteiger partial charge in [-0.05, 0) is 32.7 Å². The Morgan fingerprint density at radius 3 is 2.38 bits per heavy atom. The molecule has 124 valence electrons. The lowest BCUT2D eigenvalue weighted by atomic mass is 9.88. The summed E-state index contributed by atoms with van der Waals surface area (Å²) >= 11 is 0. The molecule has 5 nitrogen and oxygen atoms in total. The molecule has 0 aromatic heterocycles.